The quantitative estimate of drug-likeness (QED) is 0.554. The van der Waals surface area contributed by atoms with Gasteiger partial charge in [0.2, 0.25) is 0 Å². The zero-order valence-electron chi connectivity index (χ0n) is 11.9. The van der Waals surface area contributed by atoms with Crippen molar-refractivity contribution < 1.29 is 24.2 Å². The predicted molar refractivity (Wildman–Crippen MR) is 77.2 cm³/mol. The van der Waals surface area contributed by atoms with E-state index in [1.807, 2.05) is 0 Å². The van der Waals surface area contributed by atoms with Gasteiger partial charge in [-0.05, 0) is 13.0 Å². The van der Waals surface area contributed by atoms with Gasteiger partial charge >= 0.3 is 12.0 Å². The van der Waals surface area contributed by atoms with Gasteiger partial charge < -0.3 is 30.9 Å². The van der Waals surface area contributed by atoms with Gasteiger partial charge in [-0.25, -0.2) is 9.59 Å². The first kappa shape index (κ1) is 16.6. The molecule has 116 valence electrons. The third kappa shape index (κ3) is 4.53. The summed E-state index contributed by atoms with van der Waals surface area (Å²) in [7, 11) is 2.82. The minimum atomic E-state index is -1.19. The van der Waals surface area contributed by atoms with Crippen LogP contribution in [-0.4, -0.2) is 44.4 Å². The highest BCUT2D eigenvalue weighted by Gasteiger charge is 2.17. The topological polar surface area (TPSA) is 123 Å². The molecule has 0 aromatic heterocycles. The molecule has 2 amide bonds. The highest BCUT2D eigenvalue weighted by Crippen LogP contribution is 2.33. The van der Waals surface area contributed by atoms with Crippen molar-refractivity contribution in [3.63, 3.8) is 0 Å². The standard InChI is InChI=1S/C13H19N3O5/c1-20-10-6-8(12(17)18)9(7-11(10)21-2)16-13(19)15-5-3-4-14/h6-7H,3-5,14H2,1-2H3,(H,17,18)(H2,15,16,19). The van der Waals surface area contributed by atoms with E-state index in [-0.39, 0.29) is 17.0 Å². The van der Waals surface area contributed by atoms with Crippen LogP contribution in [0.15, 0.2) is 12.1 Å². The van der Waals surface area contributed by atoms with Crippen LogP contribution in [0.5, 0.6) is 11.5 Å². The lowest BCUT2D eigenvalue weighted by molar-refractivity contribution is 0.0697. The van der Waals surface area contributed by atoms with E-state index in [0.29, 0.717) is 25.3 Å². The number of carbonyl (C=O) groups is 2. The van der Waals surface area contributed by atoms with E-state index < -0.39 is 12.0 Å². The molecule has 8 heteroatoms. The van der Waals surface area contributed by atoms with Gasteiger partial charge in [-0.2, -0.15) is 0 Å². The number of nitrogens with one attached hydrogen (secondary N) is 2. The molecule has 0 unspecified atom stereocenters. The molecule has 1 rings (SSSR count). The zero-order valence-corrected chi connectivity index (χ0v) is 11.9. The number of nitrogens with two attached hydrogens (primary N) is 1. The van der Waals surface area contributed by atoms with Gasteiger partial charge in [0.1, 0.15) is 0 Å². The van der Waals surface area contributed by atoms with E-state index in [1.165, 1.54) is 26.4 Å². The third-order valence-electron chi connectivity index (χ3n) is 2.67. The molecule has 0 fully saturated rings. The summed E-state index contributed by atoms with van der Waals surface area (Å²) in [6, 6.07) is 2.17. The highest BCUT2D eigenvalue weighted by atomic mass is 16.5. The van der Waals surface area contributed by atoms with Crippen LogP contribution < -0.4 is 25.8 Å². The van der Waals surface area contributed by atoms with Crippen LogP contribution in [0.1, 0.15) is 16.8 Å². The van der Waals surface area contributed by atoms with Gasteiger partial charge in [0.15, 0.2) is 11.5 Å². The van der Waals surface area contributed by atoms with Crippen molar-refractivity contribution in [2.45, 2.75) is 6.42 Å². The van der Waals surface area contributed by atoms with Gasteiger partial charge in [-0.15, -0.1) is 0 Å². The molecule has 1 aromatic rings. The molecule has 0 radical (unpaired) electrons. The van der Waals surface area contributed by atoms with Crippen molar-refractivity contribution in [2.75, 3.05) is 32.6 Å². The van der Waals surface area contributed by atoms with Crippen molar-refractivity contribution in [1.82, 2.24) is 5.32 Å². The molecule has 0 aliphatic rings. The number of carboxylic acid groups (broad SMARTS) is 1. The Kier molecular flexibility index (Phi) is 6.28. The van der Waals surface area contributed by atoms with Crippen LogP contribution >= 0.6 is 0 Å². The van der Waals surface area contributed by atoms with Gasteiger partial charge in [-0.3, -0.25) is 0 Å². The molecule has 5 N–H and O–H groups in total. The lowest BCUT2D eigenvalue weighted by Gasteiger charge is -2.14. The molecule has 0 saturated carbocycles. The lowest BCUT2D eigenvalue weighted by Crippen LogP contribution is -2.31. The minimum absolute atomic E-state index is 0.0957. The van der Waals surface area contributed by atoms with Crippen LogP contribution in [0.25, 0.3) is 0 Å². The molecular formula is C13H19N3O5. The van der Waals surface area contributed by atoms with Gasteiger partial charge in [0.25, 0.3) is 0 Å². The number of hydrogen-bond donors (Lipinski definition) is 4. The highest BCUT2D eigenvalue weighted by molar-refractivity contribution is 6.01. The van der Waals surface area contributed by atoms with Crippen LogP contribution in [0.4, 0.5) is 10.5 Å². The number of carboxylic acids is 1. The summed E-state index contributed by atoms with van der Waals surface area (Å²) in [4.78, 5) is 22.9. The maximum absolute atomic E-state index is 11.7. The Morgan fingerprint density at radius 1 is 1.24 bits per heavy atom. The largest absolute Gasteiger partial charge is 0.493 e. The normalized spacial score (nSPS) is 9.86. The molecule has 0 heterocycles. The Labute approximate surface area is 122 Å². The summed E-state index contributed by atoms with van der Waals surface area (Å²) in [5.41, 5.74) is 5.34. The molecule has 8 nitrogen and oxygen atoms in total. The Morgan fingerprint density at radius 2 is 1.86 bits per heavy atom. The van der Waals surface area contributed by atoms with E-state index in [2.05, 4.69) is 10.6 Å². The summed E-state index contributed by atoms with van der Waals surface area (Å²) < 4.78 is 10.1. The van der Waals surface area contributed by atoms with Crippen molar-refractivity contribution in [1.29, 1.82) is 0 Å². The second kappa shape index (κ2) is 7.95. The van der Waals surface area contributed by atoms with Gasteiger partial charge in [0.05, 0.1) is 25.5 Å². The first-order valence-corrected chi connectivity index (χ1v) is 6.27. The number of rotatable bonds is 7. The van der Waals surface area contributed by atoms with Gasteiger partial charge in [-0.1, -0.05) is 0 Å². The fourth-order valence-corrected chi connectivity index (χ4v) is 1.63. The van der Waals surface area contributed by atoms with E-state index in [0.717, 1.165) is 0 Å². The fourth-order valence-electron chi connectivity index (χ4n) is 1.63. The van der Waals surface area contributed by atoms with Crippen LogP contribution in [0, 0.1) is 0 Å². The Balaban J connectivity index is 2.98. The van der Waals surface area contributed by atoms with Crippen molar-refractivity contribution >= 4 is 17.7 Å². The minimum Gasteiger partial charge on any atom is -0.493 e. The monoisotopic (exact) mass is 297 g/mol. The van der Waals surface area contributed by atoms with Gasteiger partial charge in [0, 0.05) is 18.7 Å². The zero-order chi connectivity index (χ0) is 15.8. The SMILES string of the molecule is COc1cc(NC(=O)NCCCN)c(C(=O)O)cc1OC. The summed E-state index contributed by atoms with van der Waals surface area (Å²) in [5.74, 6) is -0.600. The van der Waals surface area contributed by atoms with Crippen LogP contribution in [-0.2, 0) is 0 Å². The van der Waals surface area contributed by atoms with Crippen molar-refractivity contribution in [3.05, 3.63) is 17.7 Å². The molecule has 0 saturated heterocycles. The first-order chi connectivity index (χ1) is 10.0. The summed E-state index contributed by atoms with van der Waals surface area (Å²) in [6.07, 6.45) is 0.630. The van der Waals surface area contributed by atoms with E-state index >= 15 is 0 Å². The van der Waals surface area contributed by atoms with Crippen molar-refractivity contribution in [2.24, 2.45) is 5.73 Å². The molecule has 0 aliphatic heterocycles. The molecule has 0 bridgehead atoms. The third-order valence-corrected chi connectivity index (χ3v) is 2.67. The average Bonchev–Trinajstić information content (AvgIpc) is 2.46. The molecule has 21 heavy (non-hydrogen) atoms. The number of methoxy groups -OCH3 is 2. The number of anilines is 1. The Morgan fingerprint density at radius 3 is 2.38 bits per heavy atom. The number of aromatic carboxylic acids is 1. The van der Waals surface area contributed by atoms with Crippen LogP contribution in [0.2, 0.25) is 0 Å². The smallest absolute Gasteiger partial charge is 0.337 e. The van der Waals surface area contributed by atoms with E-state index in [4.69, 9.17) is 15.2 Å². The number of carbonyl (C=O) groups excluding carboxylic acids is 1. The molecule has 1 aromatic carbocycles. The predicted octanol–water partition coefficient (Wildman–Crippen LogP) is 0.872. The number of amides is 2. The lowest BCUT2D eigenvalue weighted by atomic mass is 10.1. The number of ether oxygens (including phenoxy) is 2. The summed E-state index contributed by atoms with van der Waals surface area (Å²) in [5, 5.41) is 14.2. The number of hydrogen-bond acceptors (Lipinski definition) is 5. The molecule has 0 atom stereocenters. The summed E-state index contributed by atoms with van der Waals surface area (Å²) in [6.45, 7) is 0.856. The molecule has 0 aliphatic carbocycles. The number of urea groups is 1. The average molecular weight is 297 g/mol. The molecule has 0 spiro atoms. The first-order valence-electron chi connectivity index (χ1n) is 6.27. The Hall–Kier alpha value is -2.48. The maximum Gasteiger partial charge on any atom is 0.337 e. The Bertz CT molecular complexity index is 519. The fraction of sp³-hybridized carbons (Fsp3) is 0.385. The summed E-state index contributed by atoms with van der Waals surface area (Å²) >= 11 is 0. The maximum atomic E-state index is 11.7. The van der Waals surface area contributed by atoms with E-state index in [1.54, 1.807) is 0 Å². The van der Waals surface area contributed by atoms with Crippen LogP contribution in [0.3, 0.4) is 0 Å². The van der Waals surface area contributed by atoms with E-state index in [9.17, 15) is 14.7 Å². The molecular weight excluding hydrogens is 278 g/mol. The second-order valence-corrected chi connectivity index (χ2v) is 4.08. The second-order valence-electron chi connectivity index (χ2n) is 4.08. The van der Waals surface area contributed by atoms with Crippen molar-refractivity contribution in [3.8, 4) is 11.5 Å². The number of benzene rings is 1.